The molecule has 0 aliphatic carbocycles. The molecule has 2 saturated heterocycles. The Kier molecular flexibility index (Phi) is 4.34. The summed E-state index contributed by atoms with van der Waals surface area (Å²) in [6.45, 7) is 1.75. The van der Waals surface area contributed by atoms with Crippen LogP contribution >= 0.6 is 0 Å². The molecule has 1 aromatic carbocycles. The minimum absolute atomic E-state index is 0.0179. The predicted molar refractivity (Wildman–Crippen MR) is 82.2 cm³/mol. The number of nitrogens with one attached hydrogen (secondary N) is 1. The Bertz CT molecular complexity index is 522. The summed E-state index contributed by atoms with van der Waals surface area (Å²) in [5.41, 5.74) is 0. The fourth-order valence-electron chi connectivity index (χ4n) is 3.58. The first kappa shape index (κ1) is 15.3. The summed E-state index contributed by atoms with van der Waals surface area (Å²) < 4.78 is 18.5. The lowest BCUT2D eigenvalue weighted by Crippen LogP contribution is -2.51. The summed E-state index contributed by atoms with van der Waals surface area (Å²) in [4.78, 5) is 14.4. The Labute approximate surface area is 130 Å². The van der Waals surface area contributed by atoms with Crippen molar-refractivity contribution in [2.24, 2.45) is 0 Å². The van der Waals surface area contributed by atoms with E-state index in [2.05, 4.69) is 5.32 Å². The van der Waals surface area contributed by atoms with Crippen LogP contribution in [0.15, 0.2) is 24.3 Å². The highest BCUT2D eigenvalue weighted by molar-refractivity contribution is 5.81. The number of hydrogen-bond acceptors (Lipinski definition) is 3. The van der Waals surface area contributed by atoms with Gasteiger partial charge in [-0.3, -0.25) is 4.79 Å². The maximum absolute atomic E-state index is 12.9. The van der Waals surface area contributed by atoms with Gasteiger partial charge in [0.1, 0.15) is 11.6 Å². The average molecular weight is 306 g/mol. The van der Waals surface area contributed by atoms with Crippen LogP contribution in [0.1, 0.15) is 32.6 Å². The van der Waals surface area contributed by atoms with E-state index in [1.807, 2.05) is 11.9 Å². The molecule has 0 radical (unpaired) electrons. The summed E-state index contributed by atoms with van der Waals surface area (Å²) in [6.07, 6.45) is 3.89. The van der Waals surface area contributed by atoms with Crippen molar-refractivity contribution in [3.05, 3.63) is 30.1 Å². The number of piperidine rings is 1. The van der Waals surface area contributed by atoms with E-state index in [1.165, 1.54) is 25.0 Å². The Morgan fingerprint density at radius 3 is 2.45 bits per heavy atom. The van der Waals surface area contributed by atoms with E-state index < -0.39 is 6.10 Å². The molecule has 3 atom stereocenters. The van der Waals surface area contributed by atoms with Gasteiger partial charge in [-0.25, -0.2) is 4.39 Å². The second-order valence-corrected chi connectivity index (χ2v) is 6.43. The number of carbonyl (C=O) groups is 1. The van der Waals surface area contributed by atoms with Crippen molar-refractivity contribution in [1.82, 2.24) is 10.2 Å². The molecular weight excluding hydrogens is 283 g/mol. The van der Waals surface area contributed by atoms with Crippen LogP contribution in [0, 0.1) is 5.82 Å². The number of likely N-dealkylation sites (N-methyl/N-ethyl adjacent to an activating group) is 1. The number of benzene rings is 1. The molecular formula is C17H23FN2O2. The van der Waals surface area contributed by atoms with Gasteiger partial charge in [0.25, 0.3) is 5.91 Å². The minimum atomic E-state index is -0.567. The standard InChI is InChI=1S/C17H23FN2O2/c1-11(22-16-7-3-12(18)4-8-16)17(21)20(2)15-9-13-5-6-14(10-15)19-13/h3-4,7-8,11,13-15,19H,5-6,9-10H2,1-2H3. The Hall–Kier alpha value is -1.62. The fourth-order valence-corrected chi connectivity index (χ4v) is 3.58. The van der Waals surface area contributed by atoms with Crippen molar-refractivity contribution in [2.45, 2.75) is 56.8 Å². The monoisotopic (exact) mass is 306 g/mol. The van der Waals surface area contributed by atoms with Crippen LogP contribution in [0.2, 0.25) is 0 Å². The smallest absolute Gasteiger partial charge is 0.263 e. The molecule has 5 heteroatoms. The zero-order chi connectivity index (χ0) is 15.7. The molecule has 4 nitrogen and oxygen atoms in total. The highest BCUT2D eigenvalue weighted by Gasteiger charge is 2.37. The molecule has 2 fully saturated rings. The first-order valence-corrected chi connectivity index (χ1v) is 7.98. The highest BCUT2D eigenvalue weighted by Crippen LogP contribution is 2.29. The largest absolute Gasteiger partial charge is 0.481 e. The van der Waals surface area contributed by atoms with Crippen molar-refractivity contribution in [3.8, 4) is 5.75 Å². The molecule has 1 aromatic rings. The molecule has 2 aliphatic rings. The summed E-state index contributed by atoms with van der Waals surface area (Å²) in [5.74, 6) is 0.185. The Morgan fingerprint density at radius 2 is 1.86 bits per heavy atom. The summed E-state index contributed by atoms with van der Waals surface area (Å²) in [6, 6.07) is 7.14. The Balaban J connectivity index is 1.58. The maximum Gasteiger partial charge on any atom is 0.263 e. The molecule has 0 aromatic heterocycles. The van der Waals surface area contributed by atoms with E-state index in [-0.39, 0.29) is 17.8 Å². The highest BCUT2D eigenvalue weighted by atomic mass is 19.1. The van der Waals surface area contributed by atoms with Crippen molar-refractivity contribution in [1.29, 1.82) is 0 Å². The van der Waals surface area contributed by atoms with E-state index in [1.54, 1.807) is 19.1 Å². The number of nitrogens with zero attached hydrogens (tertiary/aromatic N) is 1. The minimum Gasteiger partial charge on any atom is -0.481 e. The number of hydrogen-bond donors (Lipinski definition) is 1. The van der Waals surface area contributed by atoms with Crippen LogP contribution in [-0.2, 0) is 4.79 Å². The topological polar surface area (TPSA) is 41.6 Å². The summed E-state index contributed by atoms with van der Waals surface area (Å²) in [5, 5.41) is 3.58. The lowest BCUT2D eigenvalue weighted by Gasteiger charge is -2.36. The van der Waals surface area contributed by atoms with Crippen LogP contribution in [0.25, 0.3) is 0 Å². The lowest BCUT2D eigenvalue weighted by molar-refractivity contribution is -0.139. The van der Waals surface area contributed by atoms with Gasteiger partial charge < -0.3 is 15.0 Å². The van der Waals surface area contributed by atoms with Crippen LogP contribution in [0.4, 0.5) is 4.39 Å². The molecule has 3 rings (SSSR count). The van der Waals surface area contributed by atoms with Gasteiger partial charge >= 0.3 is 0 Å². The quantitative estimate of drug-likeness (QED) is 0.928. The van der Waals surface area contributed by atoms with E-state index in [4.69, 9.17) is 4.74 Å². The number of ether oxygens (including phenoxy) is 1. The molecule has 0 spiro atoms. The molecule has 1 N–H and O–H groups in total. The van der Waals surface area contributed by atoms with Gasteiger partial charge in [0.15, 0.2) is 6.10 Å². The van der Waals surface area contributed by atoms with Gasteiger partial charge in [-0.2, -0.15) is 0 Å². The fraction of sp³-hybridized carbons (Fsp3) is 0.588. The molecule has 22 heavy (non-hydrogen) atoms. The summed E-state index contributed by atoms with van der Waals surface area (Å²) >= 11 is 0. The van der Waals surface area contributed by atoms with E-state index in [0.29, 0.717) is 17.8 Å². The molecule has 2 bridgehead atoms. The van der Waals surface area contributed by atoms with E-state index >= 15 is 0 Å². The van der Waals surface area contributed by atoms with Crippen molar-refractivity contribution < 1.29 is 13.9 Å². The van der Waals surface area contributed by atoms with Crippen LogP contribution in [-0.4, -0.2) is 42.1 Å². The average Bonchev–Trinajstić information content (AvgIpc) is 2.86. The third-order valence-electron chi connectivity index (χ3n) is 4.82. The SMILES string of the molecule is CC(Oc1ccc(F)cc1)C(=O)N(C)C1CC2CCC(C1)N2. The third kappa shape index (κ3) is 3.24. The van der Waals surface area contributed by atoms with Gasteiger partial charge in [0.05, 0.1) is 0 Å². The second-order valence-electron chi connectivity index (χ2n) is 6.43. The zero-order valence-electron chi connectivity index (χ0n) is 13.1. The molecule has 3 unspecified atom stereocenters. The number of carbonyl (C=O) groups excluding carboxylic acids is 1. The summed E-state index contributed by atoms with van der Waals surface area (Å²) in [7, 11) is 1.86. The van der Waals surface area contributed by atoms with Crippen molar-refractivity contribution in [3.63, 3.8) is 0 Å². The van der Waals surface area contributed by atoms with Gasteiger partial charge in [-0.05, 0) is 56.9 Å². The molecule has 2 heterocycles. The number of fused-ring (bicyclic) bond motifs is 2. The molecule has 0 saturated carbocycles. The number of halogens is 1. The van der Waals surface area contributed by atoms with Crippen LogP contribution in [0.3, 0.4) is 0 Å². The first-order valence-electron chi connectivity index (χ1n) is 7.98. The maximum atomic E-state index is 12.9. The number of amides is 1. The lowest BCUT2D eigenvalue weighted by atomic mass is 9.98. The van der Waals surface area contributed by atoms with Gasteiger partial charge in [-0.1, -0.05) is 0 Å². The number of rotatable bonds is 4. The third-order valence-corrected chi connectivity index (χ3v) is 4.82. The molecule has 2 aliphatic heterocycles. The van der Waals surface area contributed by atoms with E-state index in [9.17, 15) is 9.18 Å². The van der Waals surface area contributed by atoms with Crippen molar-refractivity contribution in [2.75, 3.05) is 7.05 Å². The van der Waals surface area contributed by atoms with Gasteiger partial charge in [0, 0.05) is 25.2 Å². The normalized spacial score (nSPS) is 28.2. The van der Waals surface area contributed by atoms with Gasteiger partial charge in [0.2, 0.25) is 0 Å². The van der Waals surface area contributed by atoms with Crippen molar-refractivity contribution >= 4 is 5.91 Å². The second kappa shape index (κ2) is 6.24. The van der Waals surface area contributed by atoms with Gasteiger partial charge in [-0.15, -0.1) is 0 Å². The van der Waals surface area contributed by atoms with Crippen LogP contribution < -0.4 is 10.1 Å². The predicted octanol–water partition coefficient (Wildman–Crippen LogP) is 2.33. The zero-order valence-corrected chi connectivity index (χ0v) is 13.1. The van der Waals surface area contributed by atoms with E-state index in [0.717, 1.165) is 12.8 Å². The van der Waals surface area contributed by atoms with Crippen LogP contribution in [0.5, 0.6) is 5.75 Å². The molecule has 1 amide bonds. The molecule has 120 valence electrons. The Morgan fingerprint density at radius 1 is 1.27 bits per heavy atom. The first-order chi connectivity index (χ1) is 10.5.